The number of benzene rings is 1. The first-order chi connectivity index (χ1) is 8.18. The van der Waals surface area contributed by atoms with Crippen LogP contribution in [0.3, 0.4) is 0 Å². The van der Waals surface area contributed by atoms with Crippen molar-refractivity contribution in [3.8, 4) is 0 Å². The molecule has 2 heteroatoms. The first-order valence-electron chi connectivity index (χ1n) is 6.02. The Morgan fingerprint density at radius 2 is 1.82 bits per heavy atom. The Morgan fingerprint density at radius 3 is 2.47 bits per heavy atom. The molecule has 0 saturated carbocycles. The number of furan rings is 1. The molecule has 0 aliphatic carbocycles. The first kappa shape index (κ1) is 11.9. The van der Waals surface area contributed by atoms with Crippen molar-refractivity contribution < 1.29 is 4.42 Å². The highest BCUT2D eigenvalue weighted by Crippen LogP contribution is 2.21. The number of nitrogens with one attached hydrogen (secondary N) is 1. The highest BCUT2D eigenvalue weighted by molar-refractivity contribution is 5.28. The molecule has 0 aliphatic heterocycles. The van der Waals surface area contributed by atoms with Gasteiger partial charge in [-0.3, -0.25) is 0 Å². The second-order valence-electron chi connectivity index (χ2n) is 4.52. The molecule has 0 aliphatic rings. The van der Waals surface area contributed by atoms with Crippen LogP contribution in [0.1, 0.15) is 42.6 Å². The third-order valence-electron chi connectivity index (χ3n) is 3.20. The highest BCUT2D eigenvalue weighted by Gasteiger charge is 2.12. The van der Waals surface area contributed by atoms with Gasteiger partial charge in [-0.15, -0.1) is 0 Å². The summed E-state index contributed by atoms with van der Waals surface area (Å²) in [5.41, 5.74) is 3.86. The van der Waals surface area contributed by atoms with E-state index in [4.69, 9.17) is 4.42 Å². The summed E-state index contributed by atoms with van der Waals surface area (Å²) >= 11 is 0. The fourth-order valence-electron chi connectivity index (χ4n) is 2.16. The van der Waals surface area contributed by atoms with Crippen molar-refractivity contribution >= 4 is 0 Å². The first-order valence-corrected chi connectivity index (χ1v) is 6.02. The fraction of sp³-hybridized carbons (Fsp3) is 0.333. The standard InChI is InChI=1S/C15H19NO/c1-11-6-4-5-7-15(11)13(3)16-12(2)14-8-9-17-10-14/h4-10,12-13,16H,1-3H3/t12?,13-/m1/s1. The third-order valence-corrected chi connectivity index (χ3v) is 3.20. The van der Waals surface area contributed by atoms with E-state index in [9.17, 15) is 0 Å². The molecule has 0 bridgehead atoms. The summed E-state index contributed by atoms with van der Waals surface area (Å²) in [6.07, 6.45) is 3.51. The summed E-state index contributed by atoms with van der Waals surface area (Å²) in [7, 11) is 0. The van der Waals surface area contributed by atoms with Gasteiger partial charge in [-0.1, -0.05) is 24.3 Å². The second-order valence-corrected chi connectivity index (χ2v) is 4.52. The van der Waals surface area contributed by atoms with Gasteiger partial charge < -0.3 is 9.73 Å². The molecule has 0 radical (unpaired) electrons. The molecule has 2 rings (SSSR count). The molecule has 17 heavy (non-hydrogen) atoms. The van der Waals surface area contributed by atoms with Crippen molar-refractivity contribution in [2.75, 3.05) is 0 Å². The van der Waals surface area contributed by atoms with Crippen LogP contribution in [0, 0.1) is 6.92 Å². The lowest BCUT2D eigenvalue weighted by Crippen LogP contribution is -2.22. The van der Waals surface area contributed by atoms with Gasteiger partial charge in [0.05, 0.1) is 12.5 Å². The van der Waals surface area contributed by atoms with Gasteiger partial charge >= 0.3 is 0 Å². The molecule has 0 amide bonds. The summed E-state index contributed by atoms with van der Waals surface area (Å²) in [6.45, 7) is 6.49. The molecule has 2 atom stereocenters. The average molecular weight is 229 g/mol. The number of rotatable bonds is 4. The van der Waals surface area contributed by atoms with Crippen LogP contribution < -0.4 is 5.32 Å². The highest BCUT2D eigenvalue weighted by atomic mass is 16.3. The Hall–Kier alpha value is -1.54. The molecule has 1 aromatic heterocycles. The normalized spacial score (nSPS) is 14.5. The maximum Gasteiger partial charge on any atom is 0.0950 e. The van der Waals surface area contributed by atoms with E-state index in [1.54, 1.807) is 12.5 Å². The lowest BCUT2D eigenvalue weighted by molar-refractivity contribution is 0.485. The lowest BCUT2D eigenvalue weighted by atomic mass is 10.0. The monoisotopic (exact) mass is 229 g/mol. The molecule has 1 aromatic carbocycles. The molecule has 2 nitrogen and oxygen atoms in total. The van der Waals surface area contributed by atoms with Gasteiger partial charge in [-0.25, -0.2) is 0 Å². The van der Waals surface area contributed by atoms with Crippen molar-refractivity contribution in [1.29, 1.82) is 0 Å². The second kappa shape index (κ2) is 5.19. The van der Waals surface area contributed by atoms with Crippen LogP contribution in [0.15, 0.2) is 47.3 Å². The molecule has 90 valence electrons. The molecular formula is C15H19NO. The third kappa shape index (κ3) is 2.77. The molecule has 2 aromatic rings. The van der Waals surface area contributed by atoms with Gasteiger partial charge in [-0.2, -0.15) is 0 Å². The maximum absolute atomic E-state index is 5.11. The minimum atomic E-state index is 0.295. The minimum absolute atomic E-state index is 0.295. The molecule has 1 N–H and O–H groups in total. The molecule has 0 fully saturated rings. The van der Waals surface area contributed by atoms with Gasteiger partial charge in [0.1, 0.15) is 0 Å². The lowest BCUT2D eigenvalue weighted by Gasteiger charge is -2.21. The fourth-order valence-corrected chi connectivity index (χ4v) is 2.16. The van der Waals surface area contributed by atoms with E-state index in [2.05, 4.69) is 50.4 Å². The van der Waals surface area contributed by atoms with Crippen LogP contribution in [0.4, 0.5) is 0 Å². The molecule has 1 heterocycles. The maximum atomic E-state index is 5.11. The van der Waals surface area contributed by atoms with E-state index in [-0.39, 0.29) is 0 Å². The Kier molecular flexibility index (Phi) is 3.64. The number of hydrogen-bond donors (Lipinski definition) is 1. The summed E-state index contributed by atoms with van der Waals surface area (Å²) in [5.74, 6) is 0. The molecule has 1 unspecified atom stereocenters. The van der Waals surface area contributed by atoms with Crippen molar-refractivity contribution in [3.63, 3.8) is 0 Å². The zero-order valence-electron chi connectivity index (χ0n) is 10.6. The van der Waals surface area contributed by atoms with Crippen molar-refractivity contribution in [3.05, 3.63) is 59.5 Å². The summed E-state index contributed by atoms with van der Waals surface area (Å²) < 4.78 is 5.11. The minimum Gasteiger partial charge on any atom is -0.472 e. The Labute approximate surface area is 103 Å². The van der Waals surface area contributed by atoms with E-state index in [0.717, 1.165) is 0 Å². The zero-order chi connectivity index (χ0) is 12.3. The van der Waals surface area contributed by atoms with Gasteiger partial charge in [0.15, 0.2) is 0 Å². The van der Waals surface area contributed by atoms with Crippen LogP contribution >= 0.6 is 0 Å². The molecule has 0 saturated heterocycles. The largest absolute Gasteiger partial charge is 0.472 e. The smallest absolute Gasteiger partial charge is 0.0950 e. The van der Waals surface area contributed by atoms with Crippen molar-refractivity contribution in [1.82, 2.24) is 5.32 Å². The quantitative estimate of drug-likeness (QED) is 0.857. The van der Waals surface area contributed by atoms with Gasteiger partial charge in [0, 0.05) is 17.6 Å². The van der Waals surface area contributed by atoms with E-state index < -0.39 is 0 Å². The topological polar surface area (TPSA) is 25.2 Å². The Balaban J connectivity index is 2.07. The summed E-state index contributed by atoms with van der Waals surface area (Å²) in [4.78, 5) is 0. The van der Waals surface area contributed by atoms with Crippen LogP contribution in [-0.2, 0) is 0 Å². The Bertz CT molecular complexity index is 462. The van der Waals surface area contributed by atoms with Gasteiger partial charge in [-0.05, 0) is 38.0 Å². The van der Waals surface area contributed by atoms with Crippen LogP contribution in [-0.4, -0.2) is 0 Å². The summed E-state index contributed by atoms with van der Waals surface area (Å²) in [6, 6.07) is 11.1. The Morgan fingerprint density at radius 1 is 1.06 bits per heavy atom. The van der Waals surface area contributed by atoms with Crippen LogP contribution in [0.2, 0.25) is 0 Å². The van der Waals surface area contributed by atoms with E-state index in [1.807, 2.05) is 6.07 Å². The predicted molar refractivity (Wildman–Crippen MR) is 69.9 cm³/mol. The predicted octanol–water partition coefficient (Wildman–Crippen LogP) is 4.00. The molecule has 0 spiro atoms. The number of hydrogen-bond acceptors (Lipinski definition) is 2. The number of aryl methyl sites for hydroxylation is 1. The van der Waals surface area contributed by atoms with Crippen LogP contribution in [0.5, 0.6) is 0 Å². The van der Waals surface area contributed by atoms with Gasteiger partial charge in [0.2, 0.25) is 0 Å². The van der Waals surface area contributed by atoms with E-state index >= 15 is 0 Å². The SMILES string of the molecule is Cc1ccccc1[C@@H](C)NC(C)c1ccoc1. The van der Waals surface area contributed by atoms with E-state index in [0.29, 0.717) is 12.1 Å². The summed E-state index contributed by atoms with van der Waals surface area (Å²) in [5, 5.41) is 3.58. The van der Waals surface area contributed by atoms with E-state index in [1.165, 1.54) is 16.7 Å². The van der Waals surface area contributed by atoms with Crippen LogP contribution in [0.25, 0.3) is 0 Å². The average Bonchev–Trinajstić information content (AvgIpc) is 2.82. The van der Waals surface area contributed by atoms with Gasteiger partial charge in [0.25, 0.3) is 0 Å². The van der Waals surface area contributed by atoms with Crippen molar-refractivity contribution in [2.45, 2.75) is 32.9 Å². The van der Waals surface area contributed by atoms with Crippen molar-refractivity contribution in [2.24, 2.45) is 0 Å². The molecular weight excluding hydrogens is 210 g/mol. The zero-order valence-corrected chi connectivity index (χ0v) is 10.6.